The van der Waals surface area contributed by atoms with Crippen LogP contribution in [0.3, 0.4) is 0 Å². The number of fused-ring (bicyclic) bond motifs is 1. The molecule has 0 aliphatic heterocycles. The molecule has 0 unspecified atom stereocenters. The number of hydrogen-bond donors (Lipinski definition) is 0. The van der Waals surface area contributed by atoms with E-state index in [2.05, 4.69) is 22.5 Å². The minimum Gasteiger partial charge on any atom is -0.468 e. The van der Waals surface area contributed by atoms with E-state index in [1.165, 1.54) is 18.4 Å². The van der Waals surface area contributed by atoms with Crippen molar-refractivity contribution in [2.75, 3.05) is 20.6 Å². The molecule has 8 nitrogen and oxygen atoms in total. The molecule has 0 radical (unpaired) electrons. The van der Waals surface area contributed by atoms with Gasteiger partial charge in [-0.2, -0.15) is 5.26 Å². The van der Waals surface area contributed by atoms with Crippen molar-refractivity contribution in [1.29, 1.82) is 5.26 Å². The van der Waals surface area contributed by atoms with Crippen LogP contribution in [-0.2, 0) is 29.7 Å². The van der Waals surface area contributed by atoms with E-state index in [1.807, 2.05) is 18.2 Å². The Hall–Kier alpha value is -2.67. The highest BCUT2D eigenvalue weighted by Gasteiger charge is 2.20. The molecule has 3 rings (SSSR count). The zero-order valence-corrected chi connectivity index (χ0v) is 18.4. The summed E-state index contributed by atoms with van der Waals surface area (Å²) in [5.74, 6) is 1.67. The molecule has 0 saturated heterocycles. The fourth-order valence-electron chi connectivity index (χ4n) is 3.37. The zero-order chi connectivity index (χ0) is 21.7. The monoisotopic (exact) mass is 429 g/mol. The third kappa shape index (κ3) is 4.73. The molecule has 2 aromatic heterocycles. The Bertz CT molecular complexity index is 1130. The van der Waals surface area contributed by atoms with Gasteiger partial charge in [0, 0.05) is 33.6 Å². The smallest absolute Gasteiger partial charge is 0.242 e. The van der Waals surface area contributed by atoms with Gasteiger partial charge in [-0.05, 0) is 36.8 Å². The number of aromatic nitrogens is 2. The fourth-order valence-corrected chi connectivity index (χ4v) is 4.29. The Morgan fingerprint density at radius 3 is 2.67 bits per heavy atom. The number of imidazole rings is 1. The van der Waals surface area contributed by atoms with Gasteiger partial charge in [-0.1, -0.05) is 6.92 Å². The lowest BCUT2D eigenvalue weighted by Gasteiger charge is -2.20. The highest BCUT2D eigenvalue weighted by Crippen LogP contribution is 2.23. The van der Waals surface area contributed by atoms with E-state index in [-0.39, 0.29) is 4.90 Å². The van der Waals surface area contributed by atoms with Crippen molar-refractivity contribution in [3.8, 4) is 6.07 Å². The summed E-state index contributed by atoms with van der Waals surface area (Å²) in [6.07, 6.45) is 2.96. The van der Waals surface area contributed by atoms with E-state index in [0.717, 1.165) is 30.1 Å². The third-order valence-corrected chi connectivity index (χ3v) is 6.70. The van der Waals surface area contributed by atoms with Crippen LogP contribution >= 0.6 is 0 Å². The molecule has 0 saturated carbocycles. The van der Waals surface area contributed by atoms with Gasteiger partial charge in [0.15, 0.2) is 0 Å². The van der Waals surface area contributed by atoms with Crippen LogP contribution in [0.5, 0.6) is 0 Å². The predicted molar refractivity (Wildman–Crippen MR) is 114 cm³/mol. The van der Waals surface area contributed by atoms with Gasteiger partial charge in [-0.25, -0.2) is 17.7 Å². The van der Waals surface area contributed by atoms with E-state index in [0.29, 0.717) is 31.6 Å². The summed E-state index contributed by atoms with van der Waals surface area (Å²) in [6, 6.07) is 11.0. The lowest BCUT2D eigenvalue weighted by molar-refractivity contribution is 0.232. The van der Waals surface area contributed by atoms with Crippen molar-refractivity contribution in [3.63, 3.8) is 0 Å². The number of nitrogens with zero attached hydrogens (tertiary/aromatic N) is 5. The number of hydrogen-bond acceptors (Lipinski definition) is 6. The molecule has 3 aromatic rings. The highest BCUT2D eigenvalue weighted by molar-refractivity contribution is 7.89. The van der Waals surface area contributed by atoms with Gasteiger partial charge in [0.2, 0.25) is 10.0 Å². The second kappa shape index (κ2) is 9.43. The first-order chi connectivity index (χ1) is 14.4. The first kappa shape index (κ1) is 22.0. The molecule has 9 heteroatoms. The molecule has 2 heterocycles. The largest absolute Gasteiger partial charge is 0.468 e. The first-order valence-electron chi connectivity index (χ1n) is 9.90. The van der Waals surface area contributed by atoms with Crippen molar-refractivity contribution in [2.45, 2.75) is 44.3 Å². The van der Waals surface area contributed by atoms with Crippen LogP contribution in [0.25, 0.3) is 11.0 Å². The molecular weight excluding hydrogens is 402 g/mol. The van der Waals surface area contributed by atoms with Gasteiger partial charge in [-0.3, -0.25) is 4.90 Å². The van der Waals surface area contributed by atoms with E-state index in [9.17, 15) is 8.42 Å². The Balaban J connectivity index is 1.98. The van der Waals surface area contributed by atoms with Crippen LogP contribution in [0.2, 0.25) is 0 Å². The lowest BCUT2D eigenvalue weighted by atomic mass is 10.3. The Morgan fingerprint density at radius 1 is 1.23 bits per heavy atom. The SMILES string of the molecule is CCCn1c(CN(CCC#N)Cc2ccco2)nc2cc(S(=O)(=O)N(C)C)ccc21. The summed E-state index contributed by atoms with van der Waals surface area (Å²) in [5, 5.41) is 9.03. The summed E-state index contributed by atoms with van der Waals surface area (Å²) >= 11 is 0. The Labute approximate surface area is 177 Å². The van der Waals surface area contributed by atoms with Gasteiger partial charge in [0.1, 0.15) is 11.6 Å². The molecule has 0 fully saturated rings. The Morgan fingerprint density at radius 2 is 2.03 bits per heavy atom. The zero-order valence-electron chi connectivity index (χ0n) is 17.6. The highest BCUT2D eigenvalue weighted by atomic mass is 32.2. The standard InChI is InChI=1S/C21H27N5O3S/c1-4-11-26-20-9-8-18(30(27,28)24(2)3)14-19(20)23-21(26)16-25(12-6-10-22)15-17-7-5-13-29-17/h5,7-9,13-14H,4,6,11-12,15-16H2,1-3H3. The number of aryl methyl sites for hydroxylation is 1. The molecule has 0 aliphatic rings. The van der Waals surface area contributed by atoms with Gasteiger partial charge >= 0.3 is 0 Å². The summed E-state index contributed by atoms with van der Waals surface area (Å²) in [7, 11) is -0.496. The van der Waals surface area contributed by atoms with Crippen LogP contribution in [0, 0.1) is 11.3 Å². The average molecular weight is 430 g/mol. The third-order valence-electron chi connectivity index (χ3n) is 4.89. The average Bonchev–Trinajstić information content (AvgIpc) is 3.34. The number of furan rings is 1. The maximum Gasteiger partial charge on any atom is 0.242 e. The van der Waals surface area contributed by atoms with Crippen molar-refractivity contribution in [1.82, 2.24) is 18.8 Å². The summed E-state index contributed by atoms with van der Waals surface area (Å²) in [4.78, 5) is 7.11. The van der Waals surface area contributed by atoms with Crippen LogP contribution < -0.4 is 0 Å². The van der Waals surface area contributed by atoms with E-state index in [1.54, 1.807) is 18.4 Å². The molecule has 0 atom stereocenters. The maximum absolute atomic E-state index is 12.5. The van der Waals surface area contributed by atoms with E-state index >= 15 is 0 Å². The van der Waals surface area contributed by atoms with Crippen molar-refractivity contribution in [2.24, 2.45) is 0 Å². The van der Waals surface area contributed by atoms with Crippen molar-refractivity contribution in [3.05, 3.63) is 48.2 Å². The molecule has 0 N–H and O–H groups in total. The molecule has 0 aliphatic carbocycles. The van der Waals surface area contributed by atoms with Gasteiger partial charge in [-0.15, -0.1) is 0 Å². The molecule has 30 heavy (non-hydrogen) atoms. The second-order valence-electron chi connectivity index (χ2n) is 7.32. The van der Waals surface area contributed by atoms with Gasteiger partial charge < -0.3 is 8.98 Å². The lowest BCUT2D eigenvalue weighted by Crippen LogP contribution is -2.25. The van der Waals surface area contributed by atoms with Crippen molar-refractivity contribution < 1.29 is 12.8 Å². The van der Waals surface area contributed by atoms with E-state index in [4.69, 9.17) is 14.7 Å². The van der Waals surface area contributed by atoms with Gasteiger partial charge in [0.05, 0.1) is 41.4 Å². The summed E-state index contributed by atoms with van der Waals surface area (Å²) in [6.45, 7) is 4.57. The second-order valence-corrected chi connectivity index (χ2v) is 9.47. The minimum absolute atomic E-state index is 0.227. The summed E-state index contributed by atoms with van der Waals surface area (Å²) < 4.78 is 33.8. The van der Waals surface area contributed by atoms with E-state index < -0.39 is 10.0 Å². The molecular formula is C21H27N5O3S. The molecule has 0 bridgehead atoms. The number of nitriles is 1. The maximum atomic E-state index is 12.5. The summed E-state index contributed by atoms with van der Waals surface area (Å²) in [5.41, 5.74) is 1.56. The van der Waals surface area contributed by atoms with Crippen LogP contribution in [0.15, 0.2) is 45.9 Å². The normalized spacial score (nSPS) is 12.1. The fraction of sp³-hybridized carbons (Fsp3) is 0.429. The molecule has 0 spiro atoms. The number of rotatable bonds is 10. The predicted octanol–water partition coefficient (Wildman–Crippen LogP) is 3.21. The first-order valence-corrected chi connectivity index (χ1v) is 11.3. The Kier molecular flexibility index (Phi) is 6.92. The van der Waals surface area contributed by atoms with Crippen LogP contribution in [-0.4, -0.2) is 47.8 Å². The van der Waals surface area contributed by atoms with Crippen LogP contribution in [0.1, 0.15) is 31.4 Å². The number of sulfonamides is 1. The topological polar surface area (TPSA) is 95.4 Å². The van der Waals surface area contributed by atoms with Gasteiger partial charge in [0.25, 0.3) is 0 Å². The minimum atomic E-state index is -3.53. The van der Waals surface area contributed by atoms with Crippen molar-refractivity contribution >= 4 is 21.1 Å². The molecule has 1 aromatic carbocycles. The number of benzene rings is 1. The quantitative estimate of drug-likeness (QED) is 0.491. The van der Waals surface area contributed by atoms with Crippen LogP contribution in [0.4, 0.5) is 0 Å². The molecule has 160 valence electrons. The molecule has 0 amide bonds.